The molecule has 27 heavy (non-hydrogen) atoms. The third kappa shape index (κ3) is 3.17. The van der Waals surface area contributed by atoms with E-state index in [1.807, 2.05) is 0 Å². The predicted octanol–water partition coefficient (Wildman–Crippen LogP) is 2.84. The Morgan fingerprint density at radius 3 is 2.93 bits per heavy atom. The first-order valence-corrected chi connectivity index (χ1v) is 10.1. The topological polar surface area (TPSA) is 41.6 Å². The monoisotopic (exact) mass is 364 g/mol. The van der Waals surface area contributed by atoms with Gasteiger partial charge in [-0.05, 0) is 51.4 Å². The Bertz CT molecular complexity index is 955. The van der Waals surface area contributed by atoms with Gasteiger partial charge in [0.2, 0.25) is 0 Å². The summed E-state index contributed by atoms with van der Waals surface area (Å²) in [5, 5.41) is 4.87. The number of fused-ring (bicyclic) bond motifs is 2. The average molecular weight is 364 g/mol. The van der Waals surface area contributed by atoms with Gasteiger partial charge in [-0.25, -0.2) is 4.98 Å². The summed E-state index contributed by atoms with van der Waals surface area (Å²) in [7, 11) is 0. The lowest BCUT2D eigenvalue weighted by Gasteiger charge is -2.26. The highest BCUT2D eigenvalue weighted by atomic mass is 15.3. The Labute approximate surface area is 160 Å². The highest BCUT2D eigenvalue weighted by Gasteiger charge is 2.24. The summed E-state index contributed by atoms with van der Waals surface area (Å²) < 4.78 is 4.39. The van der Waals surface area contributed by atoms with Crippen LogP contribution < -0.4 is 0 Å². The number of hydrogen-bond donors (Lipinski definition) is 0. The van der Waals surface area contributed by atoms with Gasteiger partial charge in [0.05, 0.1) is 29.1 Å². The third-order valence-corrected chi connectivity index (χ3v) is 6.16. The quantitative estimate of drug-likeness (QED) is 0.714. The lowest BCUT2D eigenvalue weighted by molar-refractivity contribution is 0.203. The zero-order chi connectivity index (χ0) is 18.4. The van der Waals surface area contributed by atoms with Gasteiger partial charge >= 0.3 is 0 Å². The van der Waals surface area contributed by atoms with Gasteiger partial charge in [-0.2, -0.15) is 5.10 Å². The normalized spacial score (nSPS) is 21.2. The molecule has 0 radical (unpaired) electrons. The molecule has 0 saturated carbocycles. The summed E-state index contributed by atoms with van der Waals surface area (Å²) in [5.41, 5.74) is 4.96. The minimum atomic E-state index is 0.692. The summed E-state index contributed by atoms with van der Waals surface area (Å²) in [6.45, 7) is 10.5. The van der Waals surface area contributed by atoms with Crippen molar-refractivity contribution in [1.29, 1.82) is 0 Å². The molecular weight excluding hydrogens is 336 g/mol. The molecular formula is C21H28N6. The van der Waals surface area contributed by atoms with Crippen molar-refractivity contribution in [1.82, 2.24) is 29.0 Å². The van der Waals surface area contributed by atoms with Crippen LogP contribution in [-0.4, -0.2) is 48.1 Å². The van der Waals surface area contributed by atoms with Gasteiger partial charge in [-0.15, -0.1) is 0 Å². The van der Waals surface area contributed by atoms with Crippen LogP contribution >= 0.6 is 0 Å². The fourth-order valence-electron chi connectivity index (χ4n) is 4.62. The maximum atomic E-state index is 4.87. The smallest absolute Gasteiger partial charge is 0.110 e. The summed E-state index contributed by atoms with van der Waals surface area (Å²) in [5.74, 6) is 1.06. The zero-order valence-electron chi connectivity index (χ0n) is 16.3. The Morgan fingerprint density at radius 2 is 2.07 bits per heavy atom. The second kappa shape index (κ2) is 6.77. The summed E-state index contributed by atoms with van der Waals surface area (Å²) >= 11 is 0. The number of nitrogens with zero attached hydrogens (tertiary/aromatic N) is 6. The molecule has 0 bridgehead atoms. The maximum absolute atomic E-state index is 4.87. The molecule has 1 saturated heterocycles. The van der Waals surface area contributed by atoms with E-state index in [1.165, 1.54) is 42.0 Å². The van der Waals surface area contributed by atoms with Crippen molar-refractivity contribution in [3.8, 4) is 0 Å². The van der Waals surface area contributed by atoms with E-state index in [0.29, 0.717) is 6.04 Å². The predicted molar refractivity (Wildman–Crippen MR) is 105 cm³/mol. The molecule has 0 N–H and O–H groups in total. The molecule has 1 unspecified atom stereocenters. The molecule has 0 spiro atoms. The first kappa shape index (κ1) is 17.0. The van der Waals surface area contributed by atoms with Crippen LogP contribution in [-0.2, 0) is 26.2 Å². The molecule has 142 valence electrons. The molecule has 0 amide bonds. The molecule has 1 atom stereocenters. The highest BCUT2D eigenvalue weighted by molar-refractivity contribution is 5.53. The van der Waals surface area contributed by atoms with Crippen LogP contribution in [0, 0.1) is 6.92 Å². The van der Waals surface area contributed by atoms with Crippen molar-refractivity contribution in [2.45, 2.75) is 58.9 Å². The third-order valence-electron chi connectivity index (χ3n) is 6.16. The van der Waals surface area contributed by atoms with E-state index < -0.39 is 0 Å². The number of aryl methyl sites for hydroxylation is 1. The second-order valence-electron chi connectivity index (χ2n) is 8.08. The van der Waals surface area contributed by atoms with E-state index in [4.69, 9.17) is 10.1 Å². The van der Waals surface area contributed by atoms with Crippen molar-refractivity contribution >= 4 is 5.52 Å². The van der Waals surface area contributed by atoms with E-state index >= 15 is 0 Å². The van der Waals surface area contributed by atoms with Crippen LogP contribution in [0.15, 0.2) is 30.5 Å². The van der Waals surface area contributed by atoms with E-state index in [0.717, 1.165) is 38.5 Å². The first-order chi connectivity index (χ1) is 13.2. The maximum Gasteiger partial charge on any atom is 0.110 e. The Balaban J connectivity index is 1.31. The number of pyridine rings is 1. The van der Waals surface area contributed by atoms with Gasteiger partial charge in [0.1, 0.15) is 5.82 Å². The van der Waals surface area contributed by atoms with E-state index in [-0.39, 0.29) is 0 Å². The van der Waals surface area contributed by atoms with Gasteiger partial charge in [0.25, 0.3) is 0 Å². The largest absolute Gasteiger partial charge is 0.304 e. The molecule has 1 fully saturated rings. The minimum absolute atomic E-state index is 0.692. The second-order valence-corrected chi connectivity index (χ2v) is 8.08. The minimum Gasteiger partial charge on any atom is -0.304 e. The Morgan fingerprint density at radius 1 is 1.15 bits per heavy atom. The van der Waals surface area contributed by atoms with Crippen LogP contribution in [0.5, 0.6) is 0 Å². The number of hydrogen-bond acceptors (Lipinski definition) is 4. The molecule has 0 aromatic carbocycles. The SMILES string of the molecule is Cc1nc(CN2CCn3nc(CN4CCCC4C)cc3C2)c2ccccn12. The average Bonchev–Trinajstić information content (AvgIpc) is 3.34. The highest BCUT2D eigenvalue weighted by Crippen LogP contribution is 2.22. The summed E-state index contributed by atoms with van der Waals surface area (Å²) in [6, 6.07) is 9.33. The van der Waals surface area contributed by atoms with Crippen molar-refractivity contribution < 1.29 is 0 Å². The molecule has 6 heteroatoms. The van der Waals surface area contributed by atoms with Gasteiger partial charge in [0, 0.05) is 38.4 Å². The lowest BCUT2D eigenvalue weighted by Crippen LogP contribution is -2.33. The van der Waals surface area contributed by atoms with Crippen LogP contribution in [0.2, 0.25) is 0 Å². The van der Waals surface area contributed by atoms with Crippen LogP contribution in [0.4, 0.5) is 0 Å². The number of aromatic nitrogens is 4. The van der Waals surface area contributed by atoms with Gasteiger partial charge in [-0.3, -0.25) is 14.5 Å². The fraction of sp³-hybridized carbons (Fsp3) is 0.524. The molecule has 0 aliphatic carbocycles. The van der Waals surface area contributed by atoms with Crippen LogP contribution in [0.25, 0.3) is 5.52 Å². The lowest BCUT2D eigenvalue weighted by atomic mass is 10.2. The standard InChI is InChI=1S/C21H28N6/c1-16-6-5-8-25(16)13-18-12-19-14-24(10-11-27(19)23-18)15-20-21-7-3-4-9-26(21)17(2)22-20/h3-4,7,9,12,16H,5-6,8,10-11,13-15H2,1-2H3. The Hall–Kier alpha value is -2.18. The van der Waals surface area contributed by atoms with Crippen molar-refractivity contribution in [2.75, 3.05) is 13.1 Å². The van der Waals surface area contributed by atoms with E-state index in [9.17, 15) is 0 Å². The zero-order valence-corrected chi connectivity index (χ0v) is 16.3. The van der Waals surface area contributed by atoms with Crippen molar-refractivity contribution in [3.63, 3.8) is 0 Å². The van der Waals surface area contributed by atoms with Crippen molar-refractivity contribution in [2.24, 2.45) is 0 Å². The fourth-order valence-corrected chi connectivity index (χ4v) is 4.62. The molecule has 2 aliphatic heterocycles. The molecule has 6 nitrogen and oxygen atoms in total. The van der Waals surface area contributed by atoms with Gasteiger partial charge in [-0.1, -0.05) is 6.07 Å². The van der Waals surface area contributed by atoms with Gasteiger partial charge in [0.15, 0.2) is 0 Å². The molecule has 3 aromatic heterocycles. The van der Waals surface area contributed by atoms with Gasteiger partial charge < -0.3 is 4.40 Å². The van der Waals surface area contributed by atoms with Crippen LogP contribution in [0.1, 0.15) is 42.7 Å². The molecule has 3 aromatic rings. The van der Waals surface area contributed by atoms with E-state index in [2.05, 4.69) is 63.2 Å². The summed E-state index contributed by atoms with van der Waals surface area (Å²) in [4.78, 5) is 9.87. The number of rotatable bonds is 4. The molecule has 5 rings (SSSR count). The first-order valence-electron chi connectivity index (χ1n) is 10.1. The van der Waals surface area contributed by atoms with Crippen molar-refractivity contribution in [3.05, 3.63) is 53.4 Å². The molecule has 5 heterocycles. The number of imidazole rings is 1. The molecule has 2 aliphatic rings. The number of likely N-dealkylation sites (tertiary alicyclic amines) is 1. The summed E-state index contributed by atoms with van der Waals surface area (Å²) in [6.07, 6.45) is 4.73. The Kier molecular flexibility index (Phi) is 4.25. The van der Waals surface area contributed by atoms with Crippen LogP contribution in [0.3, 0.4) is 0 Å². The van der Waals surface area contributed by atoms with E-state index in [1.54, 1.807) is 0 Å².